The van der Waals surface area contributed by atoms with E-state index in [1.54, 1.807) is 18.2 Å². The summed E-state index contributed by atoms with van der Waals surface area (Å²) in [7, 11) is 0. The molecule has 0 amide bonds. The number of alkyl halides is 1. The molecule has 0 radical (unpaired) electrons. The van der Waals surface area contributed by atoms with Crippen molar-refractivity contribution in [3.63, 3.8) is 0 Å². The zero-order chi connectivity index (χ0) is 13.3. The second kappa shape index (κ2) is 5.55. The fourth-order valence-corrected chi connectivity index (χ4v) is 2.98. The van der Waals surface area contributed by atoms with E-state index in [4.69, 9.17) is 23.2 Å². The molecule has 5 heteroatoms. The molecule has 0 aliphatic rings. The molecule has 0 heterocycles. The third-order valence-corrected chi connectivity index (χ3v) is 3.86. The molecule has 0 nitrogen and oxygen atoms in total. The fraction of sp³-hybridized carbons (Fsp3) is 0.0769. The summed E-state index contributed by atoms with van der Waals surface area (Å²) < 4.78 is 27.4. The monoisotopic (exact) mass is 350 g/mol. The highest BCUT2D eigenvalue weighted by Crippen LogP contribution is 2.36. The Kier molecular flexibility index (Phi) is 4.25. The average Bonchev–Trinajstić information content (AvgIpc) is 2.31. The Morgan fingerprint density at radius 1 is 1.00 bits per heavy atom. The zero-order valence-electron chi connectivity index (χ0n) is 8.93. The standard InChI is InChI=1S/C13H7BrCl2F2/c14-11-5-7(15)1-3-9(11)13(16)10-6-8(17)2-4-12(10)18/h1-6,13H. The van der Waals surface area contributed by atoms with Gasteiger partial charge in [-0.1, -0.05) is 33.6 Å². The molecule has 0 saturated heterocycles. The van der Waals surface area contributed by atoms with Crippen LogP contribution in [0.3, 0.4) is 0 Å². The number of hydrogen-bond acceptors (Lipinski definition) is 0. The Balaban J connectivity index is 2.47. The smallest absolute Gasteiger partial charge is 0.128 e. The van der Waals surface area contributed by atoms with Gasteiger partial charge in [-0.15, -0.1) is 11.6 Å². The Morgan fingerprint density at radius 3 is 2.39 bits per heavy atom. The van der Waals surface area contributed by atoms with Crippen LogP contribution in [0.15, 0.2) is 40.9 Å². The van der Waals surface area contributed by atoms with Crippen LogP contribution in [0.5, 0.6) is 0 Å². The van der Waals surface area contributed by atoms with Gasteiger partial charge in [0.2, 0.25) is 0 Å². The molecular formula is C13H7BrCl2F2. The van der Waals surface area contributed by atoms with Gasteiger partial charge in [-0.2, -0.15) is 0 Å². The molecule has 0 fully saturated rings. The first-order chi connectivity index (χ1) is 8.49. The normalized spacial score (nSPS) is 12.5. The van der Waals surface area contributed by atoms with Crippen molar-refractivity contribution in [2.75, 3.05) is 0 Å². The molecule has 2 aromatic rings. The first kappa shape index (κ1) is 13.8. The van der Waals surface area contributed by atoms with Crippen LogP contribution in [0.1, 0.15) is 16.5 Å². The van der Waals surface area contributed by atoms with Gasteiger partial charge in [0.05, 0.1) is 5.38 Å². The number of halogens is 5. The minimum absolute atomic E-state index is 0.0969. The van der Waals surface area contributed by atoms with Crippen LogP contribution >= 0.6 is 39.1 Å². The van der Waals surface area contributed by atoms with E-state index in [9.17, 15) is 8.78 Å². The maximum Gasteiger partial charge on any atom is 0.128 e. The summed E-state index contributed by atoms with van der Waals surface area (Å²) >= 11 is 15.3. The van der Waals surface area contributed by atoms with Gasteiger partial charge in [-0.3, -0.25) is 0 Å². The summed E-state index contributed by atoms with van der Waals surface area (Å²) in [5.41, 5.74) is 0.727. The molecule has 1 unspecified atom stereocenters. The van der Waals surface area contributed by atoms with Gasteiger partial charge in [0, 0.05) is 15.1 Å². The number of hydrogen-bond donors (Lipinski definition) is 0. The lowest BCUT2D eigenvalue weighted by Crippen LogP contribution is -1.99. The highest BCUT2D eigenvalue weighted by Gasteiger charge is 2.18. The van der Waals surface area contributed by atoms with Crippen molar-refractivity contribution in [2.24, 2.45) is 0 Å². The maximum absolute atomic E-state index is 13.6. The summed E-state index contributed by atoms with van der Waals surface area (Å²) in [5.74, 6) is -1.07. The zero-order valence-corrected chi connectivity index (χ0v) is 12.0. The summed E-state index contributed by atoms with van der Waals surface area (Å²) in [6.45, 7) is 0. The van der Waals surface area contributed by atoms with Crippen LogP contribution in [0.25, 0.3) is 0 Å². The molecule has 0 N–H and O–H groups in total. The van der Waals surface area contributed by atoms with E-state index in [2.05, 4.69) is 15.9 Å². The van der Waals surface area contributed by atoms with Gasteiger partial charge in [0.25, 0.3) is 0 Å². The predicted molar refractivity (Wildman–Crippen MR) is 73.2 cm³/mol. The van der Waals surface area contributed by atoms with Crippen LogP contribution in [0, 0.1) is 11.6 Å². The molecule has 2 aromatic carbocycles. The van der Waals surface area contributed by atoms with Crippen molar-refractivity contribution >= 4 is 39.1 Å². The fourth-order valence-electron chi connectivity index (χ4n) is 1.58. The van der Waals surface area contributed by atoms with Crippen molar-refractivity contribution in [1.82, 2.24) is 0 Å². The molecule has 0 spiro atoms. The van der Waals surface area contributed by atoms with Crippen molar-refractivity contribution < 1.29 is 8.78 Å². The molecule has 2 rings (SSSR count). The highest BCUT2D eigenvalue weighted by atomic mass is 79.9. The SMILES string of the molecule is Fc1ccc(F)c(C(Cl)c2ccc(Cl)cc2Br)c1. The minimum atomic E-state index is -0.785. The Labute approximate surface area is 122 Å². The molecule has 0 bridgehead atoms. The second-order valence-corrected chi connectivity index (χ2v) is 5.42. The van der Waals surface area contributed by atoms with E-state index in [1.165, 1.54) is 0 Å². The van der Waals surface area contributed by atoms with Gasteiger partial charge in [0.1, 0.15) is 11.6 Å². The van der Waals surface area contributed by atoms with Crippen LogP contribution < -0.4 is 0 Å². The second-order valence-electron chi connectivity index (χ2n) is 3.69. The predicted octanol–water partition coefficient (Wildman–Crippen LogP) is 5.71. The van der Waals surface area contributed by atoms with Crippen molar-refractivity contribution in [3.05, 3.63) is 68.7 Å². The first-order valence-electron chi connectivity index (χ1n) is 5.03. The van der Waals surface area contributed by atoms with Gasteiger partial charge < -0.3 is 0 Å². The van der Waals surface area contributed by atoms with Gasteiger partial charge in [0.15, 0.2) is 0 Å². The van der Waals surface area contributed by atoms with E-state index in [0.29, 0.717) is 15.1 Å². The summed E-state index contributed by atoms with van der Waals surface area (Å²) in [5, 5.41) is -0.249. The lowest BCUT2D eigenvalue weighted by atomic mass is 10.0. The molecule has 18 heavy (non-hydrogen) atoms. The van der Waals surface area contributed by atoms with Crippen molar-refractivity contribution in [1.29, 1.82) is 0 Å². The Bertz CT molecular complexity index is 587. The maximum atomic E-state index is 13.6. The third kappa shape index (κ3) is 2.85. The van der Waals surface area contributed by atoms with E-state index in [1.807, 2.05) is 0 Å². The number of rotatable bonds is 2. The molecular weight excluding hydrogens is 345 g/mol. The number of benzene rings is 2. The van der Waals surface area contributed by atoms with Crippen LogP contribution in [-0.2, 0) is 0 Å². The quantitative estimate of drug-likeness (QED) is 0.608. The van der Waals surface area contributed by atoms with E-state index in [0.717, 1.165) is 18.2 Å². The molecule has 0 aliphatic carbocycles. The molecule has 1 atom stereocenters. The highest BCUT2D eigenvalue weighted by molar-refractivity contribution is 9.10. The molecule has 0 aliphatic heterocycles. The largest absolute Gasteiger partial charge is 0.207 e. The lowest BCUT2D eigenvalue weighted by molar-refractivity contribution is 0.587. The van der Waals surface area contributed by atoms with Gasteiger partial charge in [-0.25, -0.2) is 8.78 Å². The lowest BCUT2D eigenvalue weighted by Gasteiger charge is -2.13. The minimum Gasteiger partial charge on any atom is -0.207 e. The molecule has 0 aromatic heterocycles. The van der Waals surface area contributed by atoms with E-state index >= 15 is 0 Å². The van der Waals surface area contributed by atoms with Crippen molar-refractivity contribution in [2.45, 2.75) is 5.38 Å². The summed E-state index contributed by atoms with van der Waals surface area (Å²) in [6, 6.07) is 8.18. The van der Waals surface area contributed by atoms with Gasteiger partial charge in [-0.05, 0) is 35.9 Å². The van der Waals surface area contributed by atoms with Crippen LogP contribution in [-0.4, -0.2) is 0 Å². The summed E-state index contributed by atoms with van der Waals surface area (Å²) in [6.07, 6.45) is 0. The Hall–Kier alpha value is -0.640. The van der Waals surface area contributed by atoms with Crippen LogP contribution in [0.4, 0.5) is 8.78 Å². The molecule has 94 valence electrons. The van der Waals surface area contributed by atoms with Crippen LogP contribution in [0.2, 0.25) is 5.02 Å². The van der Waals surface area contributed by atoms with Crippen molar-refractivity contribution in [3.8, 4) is 0 Å². The average molecular weight is 352 g/mol. The van der Waals surface area contributed by atoms with Gasteiger partial charge >= 0.3 is 0 Å². The first-order valence-corrected chi connectivity index (χ1v) is 6.63. The Morgan fingerprint density at radius 2 is 1.72 bits per heavy atom. The van der Waals surface area contributed by atoms with E-state index in [-0.39, 0.29) is 5.56 Å². The topological polar surface area (TPSA) is 0 Å². The molecule has 0 saturated carbocycles. The summed E-state index contributed by atoms with van der Waals surface area (Å²) in [4.78, 5) is 0. The van der Waals surface area contributed by atoms with E-state index < -0.39 is 17.0 Å². The third-order valence-electron chi connectivity index (χ3n) is 2.47.